The molecule has 100 valence electrons. The lowest BCUT2D eigenvalue weighted by molar-refractivity contribution is 0.179. The zero-order valence-corrected chi connectivity index (χ0v) is 11.2. The highest BCUT2D eigenvalue weighted by Gasteiger charge is 2.07. The fraction of sp³-hybridized carbons (Fsp3) is 0.462. The Labute approximate surface area is 108 Å². The Hall–Kier alpha value is -1.59. The maximum Gasteiger partial charge on any atom is 0.206 e. The lowest BCUT2D eigenvalue weighted by Gasteiger charge is -2.17. The van der Waals surface area contributed by atoms with Gasteiger partial charge in [0.05, 0.1) is 12.6 Å². The number of benzene rings is 1. The molecule has 18 heavy (non-hydrogen) atoms. The fourth-order valence-electron chi connectivity index (χ4n) is 1.64. The van der Waals surface area contributed by atoms with Gasteiger partial charge in [-0.3, -0.25) is 5.43 Å². The molecule has 2 atom stereocenters. The van der Waals surface area contributed by atoms with Gasteiger partial charge in [0, 0.05) is 13.2 Å². The second-order valence-electron chi connectivity index (χ2n) is 4.21. The molecule has 1 aromatic rings. The number of nitrogens with zero attached hydrogens (tertiary/aromatic N) is 1. The van der Waals surface area contributed by atoms with E-state index in [0.29, 0.717) is 12.6 Å². The van der Waals surface area contributed by atoms with Crippen LogP contribution in [0.15, 0.2) is 35.3 Å². The van der Waals surface area contributed by atoms with E-state index in [4.69, 9.17) is 10.6 Å². The number of nitrogens with one attached hydrogen (secondary N) is 2. The van der Waals surface area contributed by atoms with E-state index in [1.54, 1.807) is 7.11 Å². The van der Waals surface area contributed by atoms with Crippen LogP contribution in [-0.4, -0.2) is 25.7 Å². The van der Waals surface area contributed by atoms with Crippen molar-refractivity contribution in [1.29, 1.82) is 0 Å². The fourth-order valence-corrected chi connectivity index (χ4v) is 1.64. The average molecular weight is 250 g/mol. The third-order valence-corrected chi connectivity index (χ3v) is 2.54. The summed E-state index contributed by atoms with van der Waals surface area (Å²) in [5.41, 5.74) is 3.72. The summed E-state index contributed by atoms with van der Waals surface area (Å²) in [6, 6.07) is 10.3. The zero-order chi connectivity index (χ0) is 13.4. The quantitative estimate of drug-likeness (QED) is 0.318. The molecule has 0 aliphatic heterocycles. The summed E-state index contributed by atoms with van der Waals surface area (Å²) in [7, 11) is 1.66. The van der Waals surface area contributed by atoms with Crippen LogP contribution in [0.3, 0.4) is 0 Å². The summed E-state index contributed by atoms with van der Waals surface area (Å²) in [4.78, 5) is 4.50. The average Bonchev–Trinajstić information content (AvgIpc) is 2.39. The number of aliphatic imine (C=N–C) groups is 1. The Kier molecular flexibility index (Phi) is 6.18. The van der Waals surface area contributed by atoms with E-state index in [1.807, 2.05) is 44.2 Å². The molecule has 4 N–H and O–H groups in total. The van der Waals surface area contributed by atoms with Gasteiger partial charge in [-0.05, 0) is 19.4 Å². The van der Waals surface area contributed by atoms with Crippen molar-refractivity contribution in [2.45, 2.75) is 25.9 Å². The molecule has 5 nitrogen and oxygen atoms in total. The van der Waals surface area contributed by atoms with Gasteiger partial charge in [-0.25, -0.2) is 10.8 Å². The molecule has 0 amide bonds. The summed E-state index contributed by atoms with van der Waals surface area (Å²) >= 11 is 0. The van der Waals surface area contributed by atoms with Gasteiger partial charge >= 0.3 is 0 Å². The van der Waals surface area contributed by atoms with Crippen molar-refractivity contribution >= 4 is 5.96 Å². The van der Waals surface area contributed by atoms with Gasteiger partial charge in [-0.1, -0.05) is 30.3 Å². The van der Waals surface area contributed by atoms with E-state index in [-0.39, 0.29) is 12.1 Å². The number of hydrazine groups is 1. The number of methoxy groups -OCH3 is 1. The Balaban J connectivity index is 2.66. The molecular formula is C13H22N4O. The SMILES string of the molecule is COCC(C)NC(=NC(C)c1ccccc1)NN. The van der Waals surface area contributed by atoms with Crippen LogP contribution in [0.25, 0.3) is 0 Å². The van der Waals surface area contributed by atoms with Crippen LogP contribution in [0.5, 0.6) is 0 Å². The molecule has 0 radical (unpaired) electrons. The van der Waals surface area contributed by atoms with Gasteiger partial charge in [0.15, 0.2) is 0 Å². The Bertz CT molecular complexity index is 367. The first kappa shape index (κ1) is 14.5. The highest BCUT2D eigenvalue weighted by molar-refractivity contribution is 5.79. The van der Waals surface area contributed by atoms with Crippen molar-refractivity contribution in [3.05, 3.63) is 35.9 Å². The van der Waals surface area contributed by atoms with Gasteiger partial charge in [0.1, 0.15) is 0 Å². The summed E-state index contributed by atoms with van der Waals surface area (Å²) in [6.07, 6.45) is 0. The molecule has 0 aliphatic rings. The standard InChI is InChI=1S/C13H22N4O/c1-10(9-18-3)15-13(17-14)16-11(2)12-7-5-4-6-8-12/h4-8,10-11H,9,14H2,1-3H3,(H2,15,16,17). The van der Waals surface area contributed by atoms with Crippen molar-refractivity contribution in [2.24, 2.45) is 10.8 Å². The Morgan fingerprint density at radius 1 is 1.33 bits per heavy atom. The predicted octanol–water partition coefficient (Wildman–Crippen LogP) is 1.19. The van der Waals surface area contributed by atoms with Gasteiger partial charge < -0.3 is 10.1 Å². The van der Waals surface area contributed by atoms with Crippen LogP contribution in [0.2, 0.25) is 0 Å². The van der Waals surface area contributed by atoms with Crippen molar-refractivity contribution in [2.75, 3.05) is 13.7 Å². The molecule has 0 heterocycles. The third-order valence-electron chi connectivity index (χ3n) is 2.54. The van der Waals surface area contributed by atoms with Crippen LogP contribution in [0, 0.1) is 0 Å². The molecule has 1 rings (SSSR count). The Morgan fingerprint density at radius 3 is 2.56 bits per heavy atom. The van der Waals surface area contributed by atoms with Gasteiger partial charge in [-0.2, -0.15) is 0 Å². The molecule has 0 aliphatic carbocycles. The lowest BCUT2D eigenvalue weighted by atomic mass is 10.1. The molecule has 5 heteroatoms. The molecule has 2 unspecified atom stereocenters. The number of hydrogen-bond donors (Lipinski definition) is 3. The Morgan fingerprint density at radius 2 is 2.00 bits per heavy atom. The molecule has 1 aromatic carbocycles. The van der Waals surface area contributed by atoms with E-state index in [0.717, 1.165) is 5.56 Å². The van der Waals surface area contributed by atoms with Crippen molar-refractivity contribution < 1.29 is 4.74 Å². The van der Waals surface area contributed by atoms with E-state index in [1.165, 1.54) is 0 Å². The minimum Gasteiger partial charge on any atom is -0.383 e. The molecule has 0 aromatic heterocycles. The highest BCUT2D eigenvalue weighted by Crippen LogP contribution is 2.15. The first-order valence-electron chi connectivity index (χ1n) is 6.02. The van der Waals surface area contributed by atoms with Crippen LogP contribution in [0.4, 0.5) is 0 Å². The normalized spacial score (nSPS) is 15.0. The van der Waals surface area contributed by atoms with E-state index < -0.39 is 0 Å². The molecule has 0 spiro atoms. The summed E-state index contributed by atoms with van der Waals surface area (Å²) < 4.78 is 5.05. The van der Waals surface area contributed by atoms with E-state index >= 15 is 0 Å². The van der Waals surface area contributed by atoms with Gasteiger partial charge in [-0.15, -0.1) is 0 Å². The predicted molar refractivity (Wildman–Crippen MR) is 74.1 cm³/mol. The zero-order valence-electron chi connectivity index (χ0n) is 11.2. The number of hydrogen-bond acceptors (Lipinski definition) is 3. The van der Waals surface area contributed by atoms with Crippen LogP contribution < -0.4 is 16.6 Å². The van der Waals surface area contributed by atoms with E-state index in [2.05, 4.69) is 15.7 Å². The summed E-state index contributed by atoms with van der Waals surface area (Å²) in [5, 5.41) is 3.16. The molecule has 0 saturated heterocycles. The van der Waals surface area contributed by atoms with E-state index in [9.17, 15) is 0 Å². The van der Waals surface area contributed by atoms with Crippen LogP contribution in [-0.2, 0) is 4.74 Å². The van der Waals surface area contributed by atoms with Gasteiger partial charge in [0.2, 0.25) is 5.96 Å². The second kappa shape index (κ2) is 7.68. The minimum absolute atomic E-state index is 0.0412. The maximum atomic E-state index is 5.46. The summed E-state index contributed by atoms with van der Waals surface area (Å²) in [5.74, 6) is 6.03. The topological polar surface area (TPSA) is 71.7 Å². The molecule has 0 bridgehead atoms. The van der Waals surface area contributed by atoms with Crippen molar-refractivity contribution in [3.63, 3.8) is 0 Å². The van der Waals surface area contributed by atoms with Crippen LogP contribution >= 0.6 is 0 Å². The lowest BCUT2D eigenvalue weighted by Crippen LogP contribution is -2.47. The first-order valence-corrected chi connectivity index (χ1v) is 6.02. The van der Waals surface area contributed by atoms with Crippen LogP contribution in [0.1, 0.15) is 25.5 Å². The maximum absolute atomic E-state index is 5.46. The minimum atomic E-state index is 0.0412. The third kappa shape index (κ3) is 4.73. The monoisotopic (exact) mass is 250 g/mol. The van der Waals surface area contributed by atoms with Crippen molar-refractivity contribution in [3.8, 4) is 0 Å². The summed E-state index contributed by atoms with van der Waals surface area (Å²) in [6.45, 7) is 4.62. The highest BCUT2D eigenvalue weighted by atomic mass is 16.5. The second-order valence-corrected chi connectivity index (χ2v) is 4.21. The number of rotatable bonds is 5. The molecule has 0 saturated carbocycles. The van der Waals surface area contributed by atoms with Gasteiger partial charge in [0.25, 0.3) is 0 Å². The van der Waals surface area contributed by atoms with Crippen molar-refractivity contribution in [1.82, 2.24) is 10.7 Å². The first-order chi connectivity index (χ1) is 8.67. The largest absolute Gasteiger partial charge is 0.383 e. The number of nitrogens with two attached hydrogens (primary N) is 1. The number of guanidine groups is 1. The number of ether oxygens (including phenoxy) is 1. The molecule has 0 fully saturated rings. The molecular weight excluding hydrogens is 228 g/mol. The smallest absolute Gasteiger partial charge is 0.206 e.